The van der Waals surface area contributed by atoms with Crippen LogP contribution in [0.1, 0.15) is 27.2 Å². The molecule has 0 bridgehead atoms. The van der Waals surface area contributed by atoms with Gasteiger partial charge in [-0.05, 0) is 43.7 Å². The largest absolute Gasteiger partial charge is 0.465 e. The molecule has 156 valence electrons. The Morgan fingerprint density at radius 2 is 1.90 bits per heavy atom. The Morgan fingerprint density at radius 3 is 2.65 bits per heavy atom. The van der Waals surface area contributed by atoms with Gasteiger partial charge in [-0.25, -0.2) is 4.79 Å². The molecule has 2 heterocycles. The maximum atomic E-state index is 13.1. The Bertz CT molecular complexity index is 1240. The minimum absolute atomic E-state index is 0.185. The zero-order valence-electron chi connectivity index (χ0n) is 17.2. The van der Waals surface area contributed by atoms with Gasteiger partial charge in [0.05, 0.1) is 23.3 Å². The number of thioether (sulfide) groups is 1. The van der Waals surface area contributed by atoms with Gasteiger partial charge in [0.2, 0.25) is 0 Å². The number of hydrogen-bond donors (Lipinski definition) is 0. The van der Waals surface area contributed by atoms with E-state index < -0.39 is 5.97 Å². The van der Waals surface area contributed by atoms with E-state index in [2.05, 4.69) is 0 Å². The predicted molar refractivity (Wildman–Crippen MR) is 127 cm³/mol. The van der Waals surface area contributed by atoms with Gasteiger partial charge in [-0.3, -0.25) is 9.69 Å². The van der Waals surface area contributed by atoms with Crippen molar-refractivity contribution in [1.82, 2.24) is 0 Å². The van der Waals surface area contributed by atoms with Crippen LogP contribution in [0, 0.1) is 13.8 Å². The molecule has 2 aromatic carbocycles. The van der Waals surface area contributed by atoms with Crippen molar-refractivity contribution in [2.24, 2.45) is 0 Å². The summed E-state index contributed by atoms with van der Waals surface area (Å²) in [6.45, 7) is 3.97. The van der Waals surface area contributed by atoms with E-state index in [4.69, 9.17) is 21.4 Å². The molecule has 0 radical (unpaired) electrons. The molecule has 4 rings (SSSR count). The van der Waals surface area contributed by atoms with E-state index in [0.717, 1.165) is 16.8 Å². The SMILES string of the molecule is COC(=O)c1ccccc1-c1ccc(C=C2SC(=S)N(c3ccc(C)cc3C)C2=O)o1. The van der Waals surface area contributed by atoms with Gasteiger partial charge in [0.25, 0.3) is 5.91 Å². The molecule has 1 fully saturated rings. The van der Waals surface area contributed by atoms with E-state index in [9.17, 15) is 9.59 Å². The first-order valence-corrected chi connectivity index (χ1v) is 10.7. The molecule has 0 spiro atoms. The van der Waals surface area contributed by atoms with Crippen LogP contribution < -0.4 is 4.90 Å². The van der Waals surface area contributed by atoms with Crippen LogP contribution in [0.25, 0.3) is 17.4 Å². The fourth-order valence-corrected chi connectivity index (χ4v) is 4.69. The number of hydrogen-bond acceptors (Lipinski definition) is 6. The number of rotatable bonds is 4. The summed E-state index contributed by atoms with van der Waals surface area (Å²) in [6, 6.07) is 16.5. The van der Waals surface area contributed by atoms with Crippen LogP contribution in [-0.4, -0.2) is 23.3 Å². The van der Waals surface area contributed by atoms with Crippen molar-refractivity contribution in [2.75, 3.05) is 12.0 Å². The van der Waals surface area contributed by atoms with Crippen molar-refractivity contribution in [3.8, 4) is 11.3 Å². The smallest absolute Gasteiger partial charge is 0.338 e. The van der Waals surface area contributed by atoms with Crippen LogP contribution in [-0.2, 0) is 9.53 Å². The molecule has 1 aliphatic heterocycles. The summed E-state index contributed by atoms with van der Waals surface area (Å²) in [5, 5.41) is 0. The molecule has 1 amide bonds. The first-order chi connectivity index (χ1) is 14.9. The highest BCUT2D eigenvalue weighted by Gasteiger charge is 2.34. The molecule has 0 saturated carbocycles. The highest BCUT2D eigenvalue weighted by atomic mass is 32.2. The Kier molecular flexibility index (Phi) is 5.80. The number of esters is 1. The van der Waals surface area contributed by atoms with Crippen molar-refractivity contribution in [1.29, 1.82) is 0 Å². The van der Waals surface area contributed by atoms with Gasteiger partial charge in [-0.1, -0.05) is 59.9 Å². The number of carbonyl (C=O) groups is 2. The average Bonchev–Trinajstić information content (AvgIpc) is 3.32. The lowest BCUT2D eigenvalue weighted by molar-refractivity contribution is -0.113. The number of nitrogens with zero attached hydrogens (tertiary/aromatic N) is 1. The van der Waals surface area contributed by atoms with Crippen molar-refractivity contribution >= 4 is 51.9 Å². The van der Waals surface area contributed by atoms with Gasteiger partial charge >= 0.3 is 5.97 Å². The fourth-order valence-electron chi connectivity index (χ4n) is 3.42. The monoisotopic (exact) mass is 449 g/mol. The molecular formula is C24H19NO4S2. The number of benzene rings is 2. The maximum Gasteiger partial charge on any atom is 0.338 e. The second-order valence-corrected chi connectivity index (χ2v) is 8.72. The molecule has 5 nitrogen and oxygen atoms in total. The van der Waals surface area contributed by atoms with Gasteiger partial charge in [-0.2, -0.15) is 0 Å². The standard InChI is InChI=1S/C24H19NO4S2/c1-14-8-10-19(15(2)12-14)25-22(26)21(31-24(25)30)13-16-9-11-20(29-16)17-6-4-5-7-18(17)23(27)28-3/h4-13H,1-3H3. The van der Waals surface area contributed by atoms with Crippen molar-refractivity contribution in [3.05, 3.63) is 82.0 Å². The van der Waals surface area contributed by atoms with Crippen molar-refractivity contribution in [2.45, 2.75) is 13.8 Å². The topological polar surface area (TPSA) is 59.8 Å². The molecular weight excluding hydrogens is 430 g/mol. The highest BCUT2D eigenvalue weighted by molar-refractivity contribution is 8.27. The van der Waals surface area contributed by atoms with E-state index in [0.29, 0.717) is 31.9 Å². The second kappa shape index (κ2) is 8.53. The molecule has 1 saturated heterocycles. The average molecular weight is 450 g/mol. The third kappa shape index (κ3) is 4.06. The van der Waals surface area contributed by atoms with Gasteiger partial charge < -0.3 is 9.15 Å². The van der Waals surface area contributed by atoms with Gasteiger partial charge in [0.1, 0.15) is 11.5 Å². The quantitative estimate of drug-likeness (QED) is 0.287. The molecule has 31 heavy (non-hydrogen) atoms. The van der Waals surface area contributed by atoms with E-state index >= 15 is 0 Å². The lowest BCUT2D eigenvalue weighted by Crippen LogP contribution is -2.28. The molecule has 1 aliphatic rings. The number of thiocarbonyl (C=S) groups is 1. The number of methoxy groups -OCH3 is 1. The number of furan rings is 1. The van der Waals surface area contributed by atoms with E-state index in [1.165, 1.54) is 18.9 Å². The van der Waals surface area contributed by atoms with E-state index in [-0.39, 0.29) is 5.91 Å². The third-order valence-corrected chi connectivity index (χ3v) is 6.19. The van der Waals surface area contributed by atoms with Crippen LogP contribution in [0.4, 0.5) is 5.69 Å². The molecule has 0 atom stereocenters. The molecule has 0 unspecified atom stereocenters. The molecule has 0 N–H and O–H groups in total. The summed E-state index contributed by atoms with van der Waals surface area (Å²) in [4.78, 5) is 27.1. The Labute approximate surface area is 189 Å². The van der Waals surface area contributed by atoms with Crippen LogP contribution in [0.5, 0.6) is 0 Å². The Morgan fingerprint density at radius 1 is 1.13 bits per heavy atom. The van der Waals surface area contributed by atoms with E-state index in [1.807, 2.05) is 38.1 Å². The lowest BCUT2D eigenvalue weighted by atomic mass is 10.1. The summed E-state index contributed by atoms with van der Waals surface area (Å²) in [7, 11) is 1.34. The minimum atomic E-state index is -0.442. The highest BCUT2D eigenvalue weighted by Crippen LogP contribution is 2.38. The number of amides is 1. The number of aryl methyl sites for hydroxylation is 2. The van der Waals surface area contributed by atoms with Crippen molar-refractivity contribution < 1.29 is 18.7 Å². The first-order valence-electron chi connectivity index (χ1n) is 9.52. The van der Waals surface area contributed by atoms with Crippen LogP contribution in [0.2, 0.25) is 0 Å². The van der Waals surface area contributed by atoms with Crippen LogP contribution in [0.3, 0.4) is 0 Å². The third-order valence-electron chi connectivity index (χ3n) is 4.88. The van der Waals surface area contributed by atoms with Crippen LogP contribution in [0.15, 0.2) is 63.9 Å². The maximum absolute atomic E-state index is 13.1. The van der Waals surface area contributed by atoms with Crippen LogP contribution >= 0.6 is 24.0 Å². The zero-order valence-corrected chi connectivity index (χ0v) is 18.8. The molecule has 0 aliphatic carbocycles. The summed E-state index contributed by atoms with van der Waals surface area (Å²) in [5.74, 6) is 0.380. The second-order valence-electron chi connectivity index (χ2n) is 7.05. The Hall–Kier alpha value is -3.16. The lowest BCUT2D eigenvalue weighted by Gasteiger charge is -2.17. The minimum Gasteiger partial charge on any atom is -0.465 e. The summed E-state index contributed by atoms with van der Waals surface area (Å²) in [5.41, 5.74) is 3.92. The van der Waals surface area contributed by atoms with E-state index in [1.54, 1.807) is 41.3 Å². The normalized spacial score (nSPS) is 15.1. The summed E-state index contributed by atoms with van der Waals surface area (Å²) >= 11 is 6.71. The summed E-state index contributed by atoms with van der Waals surface area (Å²) in [6.07, 6.45) is 1.67. The van der Waals surface area contributed by atoms with Crippen molar-refractivity contribution in [3.63, 3.8) is 0 Å². The summed E-state index contributed by atoms with van der Waals surface area (Å²) < 4.78 is 11.2. The molecule has 1 aromatic heterocycles. The van der Waals surface area contributed by atoms with Gasteiger partial charge in [0, 0.05) is 11.6 Å². The molecule has 7 heteroatoms. The molecule has 3 aromatic rings. The zero-order chi connectivity index (χ0) is 22.1. The number of anilines is 1. The Balaban J connectivity index is 1.64. The predicted octanol–water partition coefficient (Wildman–Crippen LogP) is 5.76. The van der Waals surface area contributed by atoms with Gasteiger partial charge in [-0.15, -0.1) is 0 Å². The fraction of sp³-hybridized carbons (Fsp3) is 0.125. The first kappa shape index (κ1) is 21.1. The number of ether oxygens (including phenoxy) is 1. The van der Waals surface area contributed by atoms with Gasteiger partial charge in [0.15, 0.2) is 4.32 Å². The number of carbonyl (C=O) groups excluding carboxylic acids is 2.